The lowest BCUT2D eigenvalue weighted by molar-refractivity contribution is 0.0550. The molecule has 0 saturated carbocycles. The number of amides is 1. The molecule has 1 amide bonds. The second-order valence-corrected chi connectivity index (χ2v) is 5.69. The number of ether oxygens (including phenoxy) is 2. The van der Waals surface area contributed by atoms with Gasteiger partial charge in [0.2, 0.25) is 0 Å². The van der Waals surface area contributed by atoms with E-state index in [4.69, 9.17) is 21.1 Å². The molecule has 2 heterocycles. The molecular formula is C12H16ClN3O3. The van der Waals surface area contributed by atoms with Crippen LogP contribution in [0.2, 0.25) is 5.15 Å². The molecule has 1 aliphatic rings. The molecule has 0 unspecified atom stereocenters. The molecule has 0 bridgehead atoms. The lowest BCUT2D eigenvalue weighted by Crippen LogP contribution is -2.45. The predicted octanol–water partition coefficient (Wildman–Crippen LogP) is 2.65. The van der Waals surface area contributed by atoms with Crippen LogP contribution in [-0.4, -0.2) is 34.3 Å². The average molecular weight is 286 g/mol. The highest BCUT2D eigenvalue weighted by Crippen LogP contribution is 2.36. The second-order valence-electron chi connectivity index (χ2n) is 5.34. The van der Waals surface area contributed by atoms with E-state index in [0.717, 1.165) is 0 Å². The summed E-state index contributed by atoms with van der Waals surface area (Å²) in [7, 11) is 0. The van der Waals surface area contributed by atoms with Crippen molar-refractivity contribution in [2.75, 3.05) is 11.4 Å². The SMILES string of the molecule is C[C@@H]1CN(C(=O)OC(C)(C)C)c2ncnc(Cl)c2O1. The zero-order valence-electron chi connectivity index (χ0n) is 11.3. The maximum atomic E-state index is 12.2. The maximum Gasteiger partial charge on any atom is 0.416 e. The molecule has 104 valence electrons. The van der Waals surface area contributed by atoms with Gasteiger partial charge in [0.05, 0.1) is 6.54 Å². The van der Waals surface area contributed by atoms with Gasteiger partial charge in [0.1, 0.15) is 18.0 Å². The Morgan fingerprint density at radius 2 is 2.21 bits per heavy atom. The maximum absolute atomic E-state index is 12.2. The Morgan fingerprint density at radius 3 is 2.84 bits per heavy atom. The van der Waals surface area contributed by atoms with Crippen molar-refractivity contribution in [3.05, 3.63) is 11.5 Å². The van der Waals surface area contributed by atoms with Crippen molar-refractivity contribution < 1.29 is 14.3 Å². The Balaban J connectivity index is 2.33. The highest BCUT2D eigenvalue weighted by molar-refractivity contribution is 6.31. The van der Waals surface area contributed by atoms with Crippen molar-refractivity contribution >= 4 is 23.5 Å². The molecule has 1 aromatic heterocycles. The van der Waals surface area contributed by atoms with Gasteiger partial charge in [0.15, 0.2) is 16.7 Å². The van der Waals surface area contributed by atoms with Gasteiger partial charge < -0.3 is 9.47 Å². The van der Waals surface area contributed by atoms with Gasteiger partial charge in [-0.2, -0.15) is 0 Å². The molecule has 19 heavy (non-hydrogen) atoms. The third-order valence-corrected chi connectivity index (χ3v) is 2.64. The minimum absolute atomic E-state index is 0.185. The van der Waals surface area contributed by atoms with Crippen molar-refractivity contribution in [3.63, 3.8) is 0 Å². The normalized spacial score (nSPS) is 18.6. The van der Waals surface area contributed by atoms with Gasteiger partial charge >= 0.3 is 6.09 Å². The first-order valence-corrected chi connectivity index (χ1v) is 6.33. The van der Waals surface area contributed by atoms with Crippen molar-refractivity contribution in [1.29, 1.82) is 0 Å². The fraction of sp³-hybridized carbons (Fsp3) is 0.583. The number of anilines is 1. The molecule has 0 aromatic carbocycles. The molecule has 0 fully saturated rings. The Bertz CT molecular complexity index is 501. The van der Waals surface area contributed by atoms with E-state index in [-0.39, 0.29) is 11.3 Å². The van der Waals surface area contributed by atoms with Gasteiger partial charge in [0.25, 0.3) is 0 Å². The summed E-state index contributed by atoms with van der Waals surface area (Å²) in [5.74, 6) is 0.654. The summed E-state index contributed by atoms with van der Waals surface area (Å²) in [6.07, 6.45) is 0.611. The number of aromatic nitrogens is 2. The van der Waals surface area contributed by atoms with Gasteiger partial charge in [-0.15, -0.1) is 0 Å². The molecule has 0 N–H and O–H groups in total. The second kappa shape index (κ2) is 4.85. The molecule has 1 aromatic rings. The fourth-order valence-electron chi connectivity index (χ4n) is 1.70. The number of carbonyl (C=O) groups is 1. The van der Waals surface area contributed by atoms with Crippen LogP contribution in [0.1, 0.15) is 27.7 Å². The van der Waals surface area contributed by atoms with E-state index in [0.29, 0.717) is 18.1 Å². The third kappa shape index (κ3) is 3.07. The van der Waals surface area contributed by atoms with Gasteiger partial charge in [-0.3, -0.25) is 4.90 Å². The van der Waals surface area contributed by atoms with Gasteiger partial charge in [-0.1, -0.05) is 11.6 Å². The molecule has 0 aliphatic carbocycles. The van der Waals surface area contributed by atoms with Crippen LogP contribution in [0.15, 0.2) is 6.33 Å². The van der Waals surface area contributed by atoms with Crippen LogP contribution in [0.3, 0.4) is 0 Å². The first-order chi connectivity index (χ1) is 8.78. The minimum atomic E-state index is -0.574. The summed E-state index contributed by atoms with van der Waals surface area (Å²) in [4.78, 5) is 21.5. The van der Waals surface area contributed by atoms with E-state index < -0.39 is 11.7 Å². The minimum Gasteiger partial charge on any atom is -0.482 e. The Labute approximate surface area is 116 Å². The van der Waals surface area contributed by atoms with Crippen LogP contribution >= 0.6 is 11.6 Å². The summed E-state index contributed by atoms with van der Waals surface area (Å²) < 4.78 is 10.9. The number of carbonyl (C=O) groups excluding carboxylic acids is 1. The van der Waals surface area contributed by atoms with Crippen molar-refractivity contribution in [2.45, 2.75) is 39.4 Å². The molecule has 0 spiro atoms. The molecule has 7 heteroatoms. The van der Waals surface area contributed by atoms with Crippen molar-refractivity contribution in [2.24, 2.45) is 0 Å². The smallest absolute Gasteiger partial charge is 0.416 e. The van der Waals surface area contributed by atoms with Crippen LogP contribution in [0, 0.1) is 0 Å². The van der Waals surface area contributed by atoms with Gasteiger partial charge in [-0.05, 0) is 27.7 Å². The summed E-state index contributed by atoms with van der Waals surface area (Å²) >= 11 is 5.96. The average Bonchev–Trinajstić information content (AvgIpc) is 2.27. The largest absolute Gasteiger partial charge is 0.482 e. The predicted molar refractivity (Wildman–Crippen MR) is 70.7 cm³/mol. The summed E-state index contributed by atoms with van der Waals surface area (Å²) in [6.45, 7) is 7.62. The number of fused-ring (bicyclic) bond motifs is 1. The van der Waals surface area contributed by atoms with Gasteiger partial charge in [-0.25, -0.2) is 14.8 Å². The Morgan fingerprint density at radius 1 is 1.53 bits per heavy atom. The van der Waals surface area contributed by atoms with Crippen LogP contribution < -0.4 is 9.64 Å². The first-order valence-electron chi connectivity index (χ1n) is 5.95. The third-order valence-electron chi connectivity index (χ3n) is 2.37. The number of rotatable bonds is 0. The highest BCUT2D eigenvalue weighted by Gasteiger charge is 2.33. The molecular weight excluding hydrogens is 270 g/mol. The Hall–Kier alpha value is -1.56. The van der Waals surface area contributed by atoms with E-state index in [1.54, 1.807) is 0 Å². The molecule has 1 aliphatic heterocycles. The van der Waals surface area contributed by atoms with Gasteiger partial charge in [0, 0.05) is 0 Å². The van der Waals surface area contributed by atoms with Crippen molar-refractivity contribution in [3.8, 4) is 5.75 Å². The standard InChI is InChI=1S/C12H16ClN3O3/c1-7-5-16(11(17)19-12(2,3)4)10-8(18-7)9(13)14-6-15-10/h6-7H,5H2,1-4H3/t7-/m1/s1. The van der Waals surface area contributed by atoms with E-state index >= 15 is 0 Å². The van der Waals surface area contributed by atoms with Crippen LogP contribution in [-0.2, 0) is 4.74 Å². The molecule has 2 rings (SSSR count). The monoisotopic (exact) mass is 285 g/mol. The number of nitrogens with zero attached hydrogens (tertiary/aromatic N) is 3. The first kappa shape index (κ1) is 13.9. The molecule has 1 atom stereocenters. The lowest BCUT2D eigenvalue weighted by atomic mass is 10.2. The topological polar surface area (TPSA) is 64.6 Å². The lowest BCUT2D eigenvalue weighted by Gasteiger charge is -2.33. The molecule has 0 saturated heterocycles. The number of hydrogen-bond donors (Lipinski definition) is 0. The highest BCUT2D eigenvalue weighted by atomic mass is 35.5. The van der Waals surface area contributed by atoms with Crippen molar-refractivity contribution in [1.82, 2.24) is 9.97 Å². The van der Waals surface area contributed by atoms with Crippen LogP contribution in [0.5, 0.6) is 5.75 Å². The van der Waals surface area contributed by atoms with E-state index in [1.165, 1.54) is 11.2 Å². The van der Waals surface area contributed by atoms with E-state index in [9.17, 15) is 4.79 Å². The molecule has 6 nitrogen and oxygen atoms in total. The van der Waals surface area contributed by atoms with Crippen LogP contribution in [0.4, 0.5) is 10.6 Å². The van der Waals surface area contributed by atoms with E-state index in [2.05, 4.69) is 9.97 Å². The zero-order chi connectivity index (χ0) is 14.2. The zero-order valence-corrected chi connectivity index (χ0v) is 12.1. The quantitative estimate of drug-likeness (QED) is 0.686. The van der Waals surface area contributed by atoms with E-state index in [1.807, 2.05) is 27.7 Å². The summed E-state index contributed by atoms with van der Waals surface area (Å²) in [6, 6.07) is 0. The van der Waals surface area contributed by atoms with Crippen LogP contribution in [0.25, 0.3) is 0 Å². The fourth-order valence-corrected chi connectivity index (χ4v) is 1.87. The summed E-state index contributed by atoms with van der Waals surface area (Å²) in [5, 5.41) is 0.185. The number of hydrogen-bond acceptors (Lipinski definition) is 5. The Kier molecular flexibility index (Phi) is 3.54. The number of halogens is 1. The molecule has 0 radical (unpaired) electrons. The summed E-state index contributed by atoms with van der Waals surface area (Å²) in [5.41, 5.74) is -0.574.